The number of aliphatic hydroxyl groups is 1. The van der Waals surface area contributed by atoms with Crippen molar-refractivity contribution < 1.29 is 14.6 Å². The zero-order valence-electron chi connectivity index (χ0n) is 12.1. The summed E-state index contributed by atoms with van der Waals surface area (Å²) in [5.41, 5.74) is 0. The van der Waals surface area contributed by atoms with Gasteiger partial charge in [0.05, 0.1) is 12.6 Å². The number of hydrogen-bond acceptors (Lipinski definition) is 3. The SMILES string of the molecule is O=C(COc1ccc(Cl)cc1)NC(CO)CC1CCCC1. The van der Waals surface area contributed by atoms with Crippen molar-refractivity contribution in [2.75, 3.05) is 13.2 Å². The van der Waals surface area contributed by atoms with Crippen molar-refractivity contribution in [3.63, 3.8) is 0 Å². The highest BCUT2D eigenvalue weighted by atomic mass is 35.5. The van der Waals surface area contributed by atoms with E-state index < -0.39 is 0 Å². The van der Waals surface area contributed by atoms with E-state index in [4.69, 9.17) is 16.3 Å². The highest BCUT2D eigenvalue weighted by Gasteiger charge is 2.21. The molecule has 1 atom stereocenters. The van der Waals surface area contributed by atoms with E-state index in [1.165, 1.54) is 25.7 Å². The molecule has 2 N–H and O–H groups in total. The van der Waals surface area contributed by atoms with Gasteiger partial charge < -0.3 is 15.2 Å². The Bertz CT molecular complexity index is 443. The maximum Gasteiger partial charge on any atom is 0.258 e. The highest BCUT2D eigenvalue weighted by molar-refractivity contribution is 6.30. The number of amides is 1. The average Bonchev–Trinajstić information content (AvgIpc) is 2.99. The Morgan fingerprint density at radius 3 is 2.62 bits per heavy atom. The zero-order chi connectivity index (χ0) is 15.1. The van der Waals surface area contributed by atoms with Crippen molar-refractivity contribution >= 4 is 17.5 Å². The van der Waals surface area contributed by atoms with E-state index in [2.05, 4.69) is 5.32 Å². The first kappa shape index (κ1) is 16.1. The van der Waals surface area contributed by atoms with Crippen LogP contribution in [0.15, 0.2) is 24.3 Å². The molecular weight excluding hydrogens is 290 g/mol. The third kappa shape index (κ3) is 5.56. The fraction of sp³-hybridized carbons (Fsp3) is 0.562. The number of carbonyl (C=O) groups excluding carboxylic acids is 1. The van der Waals surface area contributed by atoms with Crippen LogP contribution in [0.1, 0.15) is 32.1 Å². The van der Waals surface area contributed by atoms with Crippen molar-refractivity contribution in [2.24, 2.45) is 5.92 Å². The molecule has 0 bridgehead atoms. The van der Waals surface area contributed by atoms with Gasteiger partial charge in [-0.3, -0.25) is 4.79 Å². The molecule has 4 nitrogen and oxygen atoms in total. The van der Waals surface area contributed by atoms with Gasteiger partial charge in [0.15, 0.2) is 6.61 Å². The lowest BCUT2D eigenvalue weighted by atomic mass is 9.99. The van der Waals surface area contributed by atoms with Crippen LogP contribution in [-0.4, -0.2) is 30.3 Å². The van der Waals surface area contributed by atoms with E-state index in [9.17, 15) is 9.90 Å². The molecule has 1 fully saturated rings. The first-order valence-corrected chi connectivity index (χ1v) is 7.83. The lowest BCUT2D eigenvalue weighted by molar-refractivity contribution is -0.124. The minimum Gasteiger partial charge on any atom is -0.484 e. The molecule has 1 aliphatic rings. The lowest BCUT2D eigenvalue weighted by Gasteiger charge is -2.20. The van der Waals surface area contributed by atoms with Crippen LogP contribution in [0.2, 0.25) is 5.02 Å². The predicted molar refractivity (Wildman–Crippen MR) is 82.5 cm³/mol. The fourth-order valence-corrected chi connectivity index (χ4v) is 2.90. The summed E-state index contributed by atoms with van der Waals surface area (Å²) in [7, 11) is 0. The summed E-state index contributed by atoms with van der Waals surface area (Å²) in [5.74, 6) is 1.02. The van der Waals surface area contributed by atoms with Crippen LogP contribution in [0.5, 0.6) is 5.75 Å². The van der Waals surface area contributed by atoms with Crippen LogP contribution in [0.3, 0.4) is 0 Å². The van der Waals surface area contributed by atoms with Gasteiger partial charge in [-0.05, 0) is 36.6 Å². The molecule has 0 aliphatic heterocycles. The normalized spacial score (nSPS) is 16.7. The van der Waals surface area contributed by atoms with E-state index in [0.717, 1.165) is 6.42 Å². The van der Waals surface area contributed by atoms with E-state index in [-0.39, 0.29) is 25.2 Å². The molecule has 1 aromatic rings. The molecule has 2 rings (SSSR count). The van der Waals surface area contributed by atoms with Crippen LogP contribution in [0.25, 0.3) is 0 Å². The van der Waals surface area contributed by atoms with Gasteiger partial charge in [0.1, 0.15) is 5.75 Å². The Hall–Kier alpha value is -1.26. The molecule has 1 aromatic carbocycles. The summed E-state index contributed by atoms with van der Waals surface area (Å²) in [5, 5.41) is 12.8. The topological polar surface area (TPSA) is 58.6 Å². The number of carbonyl (C=O) groups is 1. The van der Waals surface area contributed by atoms with Gasteiger partial charge >= 0.3 is 0 Å². The number of benzene rings is 1. The molecule has 1 unspecified atom stereocenters. The van der Waals surface area contributed by atoms with Gasteiger partial charge in [0.2, 0.25) is 0 Å². The second kappa shape index (κ2) is 8.25. The van der Waals surface area contributed by atoms with Crippen molar-refractivity contribution in [1.29, 1.82) is 0 Å². The third-order valence-electron chi connectivity index (χ3n) is 3.86. The van der Waals surface area contributed by atoms with Crippen LogP contribution in [-0.2, 0) is 4.79 Å². The number of aliphatic hydroxyl groups excluding tert-OH is 1. The molecule has 1 amide bonds. The van der Waals surface area contributed by atoms with E-state index >= 15 is 0 Å². The molecule has 116 valence electrons. The summed E-state index contributed by atoms with van der Waals surface area (Å²) in [6.45, 7) is -0.0774. The molecule has 1 aliphatic carbocycles. The lowest BCUT2D eigenvalue weighted by Crippen LogP contribution is -2.41. The van der Waals surface area contributed by atoms with Crippen LogP contribution >= 0.6 is 11.6 Å². The molecule has 0 aromatic heterocycles. The molecule has 21 heavy (non-hydrogen) atoms. The largest absolute Gasteiger partial charge is 0.484 e. The van der Waals surface area contributed by atoms with Crippen molar-refractivity contribution in [3.05, 3.63) is 29.3 Å². The second-order valence-electron chi connectivity index (χ2n) is 5.58. The van der Waals surface area contributed by atoms with Gasteiger partial charge in [-0.25, -0.2) is 0 Å². The number of ether oxygens (including phenoxy) is 1. The van der Waals surface area contributed by atoms with Crippen LogP contribution in [0, 0.1) is 5.92 Å². The van der Waals surface area contributed by atoms with Gasteiger partial charge in [0.25, 0.3) is 5.91 Å². The molecule has 0 radical (unpaired) electrons. The molecule has 0 heterocycles. The van der Waals surface area contributed by atoms with Crippen molar-refractivity contribution in [3.8, 4) is 5.75 Å². The summed E-state index contributed by atoms with van der Waals surface area (Å²) in [4.78, 5) is 11.9. The number of halogens is 1. The summed E-state index contributed by atoms with van der Waals surface area (Å²) in [6.07, 6.45) is 5.78. The Balaban J connectivity index is 1.72. The predicted octanol–water partition coefficient (Wildman–Crippen LogP) is 2.78. The first-order chi connectivity index (χ1) is 10.2. The average molecular weight is 312 g/mol. The van der Waals surface area contributed by atoms with E-state index in [0.29, 0.717) is 16.7 Å². The number of nitrogens with one attached hydrogen (secondary N) is 1. The van der Waals surface area contributed by atoms with E-state index in [1.807, 2.05) is 0 Å². The number of hydrogen-bond donors (Lipinski definition) is 2. The van der Waals surface area contributed by atoms with Crippen molar-refractivity contribution in [2.45, 2.75) is 38.1 Å². The Kier molecular flexibility index (Phi) is 6.33. The highest BCUT2D eigenvalue weighted by Crippen LogP contribution is 2.28. The monoisotopic (exact) mass is 311 g/mol. The van der Waals surface area contributed by atoms with Crippen LogP contribution < -0.4 is 10.1 Å². The van der Waals surface area contributed by atoms with E-state index in [1.54, 1.807) is 24.3 Å². The maximum atomic E-state index is 11.9. The van der Waals surface area contributed by atoms with Gasteiger partial charge in [-0.1, -0.05) is 37.3 Å². The van der Waals surface area contributed by atoms with Crippen LogP contribution in [0.4, 0.5) is 0 Å². The van der Waals surface area contributed by atoms with Gasteiger partial charge in [0, 0.05) is 5.02 Å². The first-order valence-electron chi connectivity index (χ1n) is 7.46. The van der Waals surface area contributed by atoms with Crippen molar-refractivity contribution in [1.82, 2.24) is 5.32 Å². The summed E-state index contributed by atoms with van der Waals surface area (Å²) in [6, 6.07) is 6.70. The van der Waals surface area contributed by atoms with Gasteiger partial charge in [-0.15, -0.1) is 0 Å². The summed E-state index contributed by atoms with van der Waals surface area (Å²) < 4.78 is 5.39. The zero-order valence-corrected chi connectivity index (χ0v) is 12.8. The molecule has 1 saturated carbocycles. The maximum absolute atomic E-state index is 11.9. The fourth-order valence-electron chi connectivity index (χ4n) is 2.78. The minimum absolute atomic E-state index is 0.0246. The Morgan fingerprint density at radius 2 is 2.00 bits per heavy atom. The van der Waals surface area contributed by atoms with Gasteiger partial charge in [-0.2, -0.15) is 0 Å². The number of rotatable bonds is 7. The Morgan fingerprint density at radius 1 is 1.33 bits per heavy atom. The smallest absolute Gasteiger partial charge is 0.258 e. The second-order valence-corrected chi connectivity index (χ2v) is 6.01. The molecule has 0 spiro atoms. The molecule has 0 saturated heterocycles. The molecular formula is C16H22ClNO3. The minimum atomic E-state index is -0.206. The molecule has 5 heteroatoms. The Labute approximate surface area is 130 Å². The summed E-state index contributed by atoms with van der Waals surface area (Å²) >= 11 is 5.78. The standard InChI is InChI=1S/C16H22ClNO3/c17-13-5-7-15(8-6-13)21-11-16(20)18-14(10-19)9-12-3-1-2-4-12/h5-8,12,14,19H,1-4,9-11H2,(H,18,20). The third-order valence-corrected chi connectivity index (χ3v) is 4.11. The quantitative estimate of drug-likeness (QED) is 0.814.